The highest BCUT2D eigenvalue weighted by Crippen LogP contribution is 2.38. The molecule has 3 fully saturated rings. The quantitative estimate of drug-likeness (QED) is 0.172. The van der Waals surface area contributed by atoms with Crippen LogP contribution >= 0.6 is 0 Å². The number of carbonyl (C=O) groups excluding carboxylic acids is 2. The number of nitrogens with zero attached hydrogens (tertiary/aromatic N) is 5. The SMILES string of the molecule is Cc1ccc(-c2[nH]c3ncccc3c2CCC(=O)N2CC2N2CCN(C(=O)/C(C#N)=C/C3CC3)CC2)c(-c2ccccc2)c1. The van der Waals surface area contributed by atoms with Gasteiger partial charge in [0, 0.05) is 49.7 Å². The summed E-state index contributed by atoms with van der Waals surface area (Å²) in [4.78, 5) is 40.5. The lowest BCUT2D eigenvalue weighted by Crippen LogP contribution is -2.50. The molecule has 0 radical (unpaired) electrons. The number of aromatic nitrogens is 2. The van der Waals surface area contributed by atoms with Crippen molar-refractivity contribution >= 4 is 22.8 Å². The predicted octanol–water partition coefficient (Wildman–Crippen LogP) is 5.31. The summed E-state index contributed by atoms with van der Waals surface area (Å²) in [5.74, 6) is 0.375. The first-order chi connectivity index (χ1) is 21.5. The molecule has 3 aliphatic rings. The molecular formula is C36H36N6O2. The Bertz CT molecular complexity index is 1790. The number of carbonyl (C=O) groups is 2. The number of benzene rings is 2. The zero-order chi connectivity index (χ0) is 30.2. The molecule has 1 N–H and O–H groups in total. The topological polar surface area (TPSA) is 96.1 Å². The number of rotatable bonds is 8. The number of nitriles is 1. The Kier molecular flexibility index (Phi) is 7.49. The number of aromatic amines is 1. The maximum absolute atomic E-state index is 13.4. The van der Waals surface area contributed by atoms with Crippen molar-refractivity contribution in [2.24, 2.45) is 5.92 Å². The molecule has 44 heavy (non-hydrogen) atoms. The fraction of sp³-hybridized carbons (Fsp3) is 0.333. The molecule has 1 aliphatic carbocycles. The highest BCUT2D eigenvalue weighted by Gasteiger charge is 2.43. The van der Waals surface area contributed by atoms with Gasteiger partial charge in [0.2, 0.25) is 5.91 Å². The Morgan fingerprint density at radius 1 is 1.02 bits per heavy atom. The molecule has 8 nitrogen and oxygen atoms in total. The number of nitrogens with one attached hydrogen (secondary N) is 1. The summed E-state index contributed by atoms with van der Waals surface area (Å²) < 4.78 is 0. The van der Waals surface area contributed by atoms with Gasteiger partial charge in [0.1, 0.15) is 23.5 Å². The summed E-state index contributed by atoms with van der Waals surface area (Å²) in [6, 6.07) is 23.1. The van der Waals surface area contributed by atoms with Crippen LogP contribution in [0.1, 0.15) is 30.4 Å². The maximum Gasteiger partial charge on any atom is 0.264 e. The van der Waals surface area contributed by atoms with Gasteiger partial charge < -0.3 is 14.8 Å². The second-order valence-corrected chi connectivity index (χ2v) is 12.2. The van der Waals surface area contributed by atoms with Crippen LogP contribution in [0.3, 0.4) is 0 Å². The molecular weight excluding hydrogens is 548 g/mol. The van der Waals surface area contributed by atoms with Gasteiger partial charge in [-0.25, -0.2) is 4.98 Å². The molecule has 7 rings (SSSR count). The van der Waals surface area contributed by atoms with E-state index in [9.17, 15) is 14.9 Å². The molecule has 8 heteroatoms. The molecule has 4 aromatic rings. The van der Waals surface area contributed by atoms with Crippen molar-refractivity contribution in [3.8, 4) is 28.5 Å². The van der Waals surface area contributed by atoms with Crippen LogP contribution in [0.5, 0.6) is 0 Å². The maximum atomic E-state index is 13.4. The molecule has 222 valence electrons. The van der Waals surface area contributed by atoms with E-state index in [2.05, 4.69) is 76.4 Å². The minimum Gasteiger partial charge on any atom is -0.339 e. The van der Waals surface area contributed by atoms with Crippen LogP contribution in [-0.4, -0.2) is 75.4 Å². The molecule has 1 atom stereocenters. The number of pyridine rings is 1. The van der Waals surface area contributed by atoms with Gasteiger partial charge in [-0.1, -0.05) is 60.2 Å². The third kappa shape index (κ3) is 5.63. The van der Waals surface area contributed by atoms with E-state index < -0.39 is 0 Å². The number of piperazine rings is 1. The van der Waals surface area contributed by atoms with Gasteiger partial charge in [0.25, 0.3) is 5.91 Å². The van der Waals surface area contributed by atoms with E-state index in [-0.39, 0.29) is 23.6 Å². The van der Waals surface area contributed by atoms with Crippen LogP contribution in [0.2, 0.25) is 0 Å². The number of aryl methyl sites for hydroxylation is 2. The third-order valence-corrected chi connectivity index (χ3v) is 9.10. The van der Waals surface area contributed by atoms with Crippen LogP contribution in [0.15, 0.2) is 78.5 Å². The van der Waals surface area contributed by atoms with Crippen molar-refractivity contribution in [3.63, 3.8) is 0 Å². The lowest BCUT2D eigenvalue weighted by Gasteiger charge is -2.34. The first-order valence-electron chi connectivity index (χ1n) is 15.6. The summed E-state index contributed by atoms with van der Waals surface area (Å²) in [5, 5.41) is 10.5. The lowest BCUT2D eigenvalue weighted by atomic mass is 9.93. The van der Waals surface area contributed by atoms with E-state index in [1.54, 1.807) is 11.1 Å². The van der Waals surface area contributed by atoms with Gasteiger partial charge in [-0.05, 0) is 60.9 Å². The van der Waals surface area contributed by atoms with Gasteiger partial charge in [0.15, 0.2) is 0 Å². The van der Waals surface area contributed by atoms with E-state index in [1.807, 2.05) is 23.1 Å². The van der Waals surface area contributed by atoms with Gasteiger partial charge >= 0.3 is 0 Å². The smallest absolute Gasteiger partial charge is 0.264 e. The Hall–Kier alpha value is -4.74. The third-order valence-electron chi connectivity index (χ3n) is 9.10. The normalized spacial score (nSPS) is 18.8. The largest absolute Gasteiger partial charge is 0.339 e. The minimum atomic E-state index is -0.157. The molecule has 1 unspecified atom stereocenters. The molecule has 2 aliphatic heterocycles. The van der Waals surface area contributed by atoms with E-state index >= 15 is 0 Å². The van der Waals surface area contributed by atoms with Crippen molar-refractivity contribution in [2.45, 2.75) is 38.8 Å². The lowest BCUT2D eigenvalue weighted by molar-refractivity contribution is -0.130. The minimum absolute atomic E-state index is 0.0862. The standard InChI is InChI=1S/C36H36N6O2/c1-24-9-12-29(31(20-24)26-6-3-2-4-7-26)34-28(30-8-5-15-38-35(30)39-34)13-14-33(43)42-23-32(42)40-16-18-41(19-17-40)36(44)27(22-37)21-25-10-11-25/h2-9,12,15,20-21,25,32H,10-11,13-14,16-19,23H2,1H3,(H,38,39)/b27-21+. The zero-order valence-electron chi connectivity index (χ0n) is 25.0. The Morgan fingerprint density at radius 3 is 2.57 bits per heavy atom. The highest BCUT2D eigenvalue weighted by atomic mass is 16.2. The summed E-state index contributed by atoms with van der Waals surface area (Å²) in [5.41, 5.74) is 7.82. The number of fused-ring (bicyclic) bond motifs is 1. The summed E-state index contributed by atoms with van der Waals surface area (Å²) in [7, 11) is 0. The molecule has 1 saturated carbocycles. The van der Waals surface area contributed by atoms with Crippen LogP contribution in [0.25, 0.3) is 33.4 Å². The van der Waals surface area contributed by atoms with E-state index in [0.29, 0.717) is 44.9 Å². The molecule has 0 spiro atoms. The molecule has 2 aromatic carbocycles. The number of hydrogen-bond donors (Lipinski definition) is 1. The summed E-state index contributed by atoms with van der Waals surface area (Å²) in [6.45, 7) is 5.39. The van der Waals surface area contributed by atoms with Crippen molar-refractivity contribution in [1.29, 1.82) is 5.26 Å². The van der Waals surface area contributed by atoms with Crippen molar-refractivity contribution in [2.75, 3.05) is 32.7 Å². The van der Waals surface area contributed by atoms with Crippen LogP contribution in [-0.2, 0) is 16.0 Å². The van der Waals surface area contributed by atoms with Crippen LogP contribution < -0.4 is 0 Å². The van der Waals surface area contributed by atoms with Crippen molar-refractivity contribution in [3.05, 3.63) is 89.6 Å². The molecule has 2 aromatic heterocycles. The van der Waals surface area contributed by atoms with Crippen molar-refractivity contribution in [1.82, 2.24) is 24.7 Å². The van der Waals surface area contributed by atoms with Crippen molar-refractivity contribution < 1.29 is 9.59 Å². The van der Waals surface area contributed by atoms with E-state index in [4.69, 9.17) is 0 Å². The number of allylic oxidation sites excluding steroid dienone is 1. The van der Waals surface area contributed by atoms with E-state index in [1.165, 1.54) is 5.56 Å². The molecule has 2 saturated heterocycles. The molecule has 0 bridgehead atoms. The van der Waals surface area contributed by atoms with Crippen LogP contribution in [0, 0.1) is 24.2 Å². The van der Waals surface area contributed by atoms with Gasteiger partial charge in [-0.15, -0.1) is 0 Å². The van der Waals surface area contributed by atoms with Gasteiger partial charge in [0.05, 0.1) is 12.2 Å². The Balaban J connectivity index is 1.04. The molecule has 4 heterocycles. The number of H-pyrrole nitrogens is 1. The van der Waals surface area contributed by atoms with Gasteiger partial charge in [-0.2, -0.15) is 5.26 Å². The Labute approximate surface area is 257 Å². The predicted molar refractivity (Wildman–Crippen MR) is 170 cm³/mol. The average molecular weight is 585 g/mol. The molecule has 2 amide bonds. The van der Waals surface area contributed by atoms with E-state index in [0.717, 1.165) is 58.4 Å². The average Bonchev–Trinajstić information content (AvgIpc) is 4.00. The second-order valence-electron chi connectivity index (χ2n) is 12.2. The zero-order valence-corrected chi connectivity index (χ0v) is 25.0. The van der Waals surface area contributed by atoms with Crippen LogP contribution in [0.4, 0.5) is 0 Å². The summed E-state index contributed by atoms with van der Waals surface area (Å²) >= 11 is 0. The summed E-state index contributed by atoms with van der Waals surface area (Å²) in [6.07, 6.45) is 6.87. The first kappa shape index (κ1) is 28.1. The van der Waals surface area contributed by atoms with Gasteiger partial charge in [-0.3, -0.25) is 14.5 Å². The highest BCUT2D eigenvalue weighted by molar-refractivity contribution is 5.97. The first-order valence-corrected chi connectivity index (χ1v) is 15.6. The monoisotopic (exact) mass is 584 g/mol. The fourth-order valence-electron chi connectivity index (χ4n) is 6.43. The second kappa shape index (κ2) is 11.7. The number of hydrogen-bond acceptors (Lipinski definition) is 5. The fourth-order valence-corrected chi connectivity index (χ4v) is 6.43. The number of amides is 2. The Morgan fingerprint density at radius 2 is 1.82 bits per heavy atom.